The van der Waals surface area contributed by atoms with Gasteiger partial charge in [0.05, 0.1) is 0 Å². The van der Waals surface area contributed by atoms with Crippen LogP contribution < -0.4 is 5.56 Å². The molecule has 0 aliphatic carbocycles. The minimum Gasteiger partial charge on any atom is -0.504 e. The molecule has 2 heterocycles. The molecule has 2 rings (SSSR count). The number of nitrogens with zero attached hydrogens (tertiary/aromatic N) is 2. The van der Waals surface area contributed by atoms with Gasteiger partial charge in [0.1, 0.15) is 0 Å². The summed E-state index contributed by atoms with van der Waals surface area (Å²) in [7, 11) is 0. The molecule has 0 fully saturated rings. The van der Waals surface area contributed by atoms with Crippen molar-refractivity contribution < 1.29 is 5.11 Å². The van der Waals surface area contributed by atoms with Gasteiger partial charge in [-0.3, -0.25) is 9.20 Å². The zero-order chi connectivity index (χ0) is 9.42. The standard InChI is InChI=1S/C9H8N2O2/c1-6-5-10-8-7(12)3-2-4-11(8)9(6)13/h2-5,12H,1H3. The molecule has 0 aromatic carbocycles. The van der Waals surface area contributed by atoms with Crippen molar-refractivity contribution in [3.8, 4) is 5.75 Å². The zero-order valence-electron chi connectivity index (χ0n) is 7.06. The third-order valence-electron chi connectivity index (χ3n) is 1.88. The van der Waals surface area contributed by atoms with Gasteiger partial charge in [-0.2, -0.15) is 0 Å². The Bertz CT molecular complexity index is 516. The second-order valence-electron chi connectivity index (χ2n) is 2.83. The fourth-order valence-corrected chi connectivity index (χ4v) is 1.18. The molecule has 0 aliphatic heterocycles. The van der Waals surface area contributed by atoms with Crippen molar-refractivity contribution in [3.63, 3.8) is 0 Å². The highest BCUT2D eigenvalue weighted by molar-refractivity contribution is 5.51. The molecule has 0 spiro atoms. The second kappa shape index (κ2) is 2.58. The molecule has 1 N–H and O–H groups in total. The van der Waals surface area contributed by atoms with Crippen molar-refractivity contribution in [2.24, 2.45) is 0 Å². The van der Waals surface area contributed by atoms with Crippen LogP contribution in [0.1, 0.15) is 5.56 Å². The van der Waals surface area contributed by atoms with Crippen LogP contribution in [0.2, 0.25) is 0 Å². The summed E-state index contributed by atoms with van der Waals surface area (Å²) in [5, 5.41) is 9.36. The first kappa shape index (κ1) is 7.79. The van der Waals surface area contributed by atoms with Crippen LogP contribution in [-0.4, -0.2) is 14.5 Å². The molecule has 66 valence electrons. The average Bonchev–Trinajstić information content (AvgIpc) is 2.12. The van der Waals surface area contributed by atoms with Crippen LogP contribution in [0.3, 0.4) is 0 Å². The van der Waals surface area contributed by atoms with E-state index in [0.717, 1.165) is 0 Å². The number of hydrogen-bond acceptors (Lipinski definition) is 3. The fraction of sp³-hybridized carbons (Fsp3) is 0.111. The highest BCUT2D eigenvalue weighted by atomic mass is 16.3. The summed E-state index contributed by atoms with van der Waals surface area (Å²) < 4.78 is 1.32. The molecular weight excluding hydrogens is 168 g/mol. The van der Waals surface area contributed by atoms with Crippen LogP contribution in [0.4, 0.5) is 0 Å². The van der Waals surface area contributed by atoms with Crippen LogP contribution in [0.15, 0.2) is 29.3 Å². The van der Waals surface area contributed by atoms with E-state index >= 15 is 0 Å². The molecular formula is C9H8N2O2. The third-order valence-corrected chi connectivity index (χ3v) is 1.88. The van der Waals surface area contributed by atoms with Gasteiger partial charge in [0.2, 0.25) is 0 Å². The van der Waals surface area contributed by atoms with E-state index in [9.17, 15) is 9.90 Å². The highest BCUT2D eigenvalue weighted by Gasteiger charge is 2.02. The van der Waals surface area contributed by atoms with Crippen molar-refractivity contribution in [3.05, 3.63) is 40.4 Å². The molecule has 0 radical (unpaired) electrons. The van der Waals surface area contributed by atoms with E-state index < -0.39 is 0 Å². The van der Waals surface area contributed by atoms with E-state index in [1.165, 1.54) is 16.7 Å². The van der Waals surface area contributed by atoms with Crippen LogP contribution in [-0.2, 0) is 0 Å². The van der Waals surface area contributed by atoms with Crippen LogP contribution in [0.5, 0.6) is 5.75 Å². The van der Waals surface area contributed by atoms with Crippen molar-refractivity contribution in [1.29, 1.82) is 0 Å². The Morgan fingerprint density at radius 1 is 1.54 bits per heavy atom. The Morgan fingerprint density at radius 3 is 3.08 bits per heavy atom. The fourth-order valence-electron chi connectivity index (χ4n) is 1.18. The normalized spacial score (nSPS) is 10.5. The molecule has 0 amide bonds. The number of aromatic hydroxyl groups is 1. The van der Waals surface area contributed by atoms with Crippen LogP contribution in [0, 0.1) is 6.92 Å². The lowest BCUT2D eigenvalue weighted by molar-refractivity contribution is 0.476. The van der Waals surface area contributed by atoms with Gasteiger partial charge in [-0.15, -0.1) is 0 Å². The Kier molecular flexibility index (Phi) is 1.55. The molecule has 0 bridgehead atoms. The Morgan fingerprint density at radius 2 is 2.31 bits per heavy atom. The van der Waals surface area contributed by atoms with Gasteiger partial charge in [-0.05, 0) is 19.1 Å². The van der Waals surface area contributed by atoms with Gasteiger partial charge in [0.15, 0.2) is 11.4 Å². The topological polar surface area (TPSA) is 54.6 Å². The maximum absolute atomic E-state index is 11.5. The van der Waals surface area contributed by atoms with Crippen molar-refractivity contribution in [1.82, 2.24) is 9.38 Å². The summed E-state index contributed by atoms with van der Waals surface area (Å²) >= 11 is 0. The smallest absolute Gasteiger partial charge is 0.260 e. The lowest BCUT2D eigenvalue weighted by Crippen LogP contribution is -2.16. The third kappa shape index (κ3) is 1.07. The first-order valence-electron chi connectivity index (χ1n) is 3.86. The Labute approximate surface area is 74.1 Å². The largest absolute Gasteiger partial charge is 0.504 e. The van der Waals surface area contributed by atoms with Gasteiger partial charge in [0.25, 0.3) is 5.56 Å². The van der Waals surface area contributed by atoms with Crippen molar-refractivity contribution >= 4 is 5.65 Å². The Balaban J connectivity index is 3.03. The molecule has 4 heteroatoms. The van der Waals surface area contributed by atoms with Crippen molar-refractivity contribution in [2.45, 2.75) is 6.92 Å². The number of hydrogen-bond donors (Lipinski definition) is 1. The summed E-state index contributed by atoms with van der Waals surface area (Å²) in [5.41, 5.74) is 0.696. The monoisotopic (exact) mass is 176 g/mol. The van der Waals surface area contributed by atoms with Crippen LogP contribution >= 0.6 is 0 Å². The molecule has 0 unspecified atom stereocenters. The first-order valence-corrected chi connectivity index (χ1v) is 3.86. The second-order valence-corrected chi connectivity index (χ2v) is 2.83. The number of aryl methyl sites for hydroxylation is 1. The number of aromatic nitrogens is 2. The minimum absolute atomic E-state index is 0.0135. The van der Waals surface area contributed by atoms with Gasteiger partial charge < -0.3 is 5.11 Å². The van der Waals surface area contributed by atoms with Gasteiger partial charge in [0, 0.05) is 18.0 Å². The molecule has 13 heavy (non-hydrogen) atoms. The molecule has 2 aromatic heterocycles. The zero-order valence-corrected chi connectivity index (χ0v) is 7.06. The van der Waals surface area contributed by atoms with E-state index in [2.05, 4.69) is 4.98 Å². The predicted molar refractivity (Wildman–Crippen MR) is 47.9 cm³/mol. The maximum Gasteiger partial charge on any atom is 0.260 e. The lowest BCUT2D eigenvalue weighted by Gasteiger charge is -2.01. The quantitative estimate of drug-likeness (QED) is 0.643. The molecule has 0 saturated carbocycles. The van der Waals surface area contributed by atoms with E-state index in [1.807, 2.05) is 0 Å². The van der Waals surface area contributed by atoms with Gasteiger partial charge >= 0.3 is 0 Å². The number of pyridine rings is 1. The number of rotatable bonds is 0. The summed E-state index contributed by atoms with van der Waals surface area (Å²) in [4.78, 5) is 15.4. The molecule has 0 saturated heterocycles. The average molecular weight is 176 g/mol. The molecule has 0 aliphatic rings. The molecule has 0 atom stereocenters. The van der Waals surface area contributed by atoms with Crippen LogP contribution in [0.25, 0.3) is 5.65 Å². The summed E-state index contributed by atoms with van der Waals surface area (Å²) in [6, 6.07) is 3.10. The lowest BCUT2D eigenvalue weighted by atomic mass is 10.3. The SMILES string of the molecule is Cc1cnc2c(O)cccn2c1=O. The molecule has 4 nitrogen and oxygen atoms in total. The summed E-state index contributed by atoms with van der Waals surface area (Å²) in [5.74, 6) is 0.0135. The van der Waals surface area contributed by atoms with E-state index in [0.29, 0.717) is 5.56 Å². The Hall–Kier alpha value is -1.84. The van der Waals surface area contributed by atoms with Gasteiger partial charge in [-0.1, -0.05) is 0 Å². The summed E-state index contributed by atoms with van der Waals surface area (Å²) in [6.45, 7) is 1.69. The predicted octanol–water partition coefficient (Wildman–Crippen LogP) is 0.709. The van der Waals surface area contributed by atoms with E-state index in [-0.39, 0.29) is 17.0 Å². The summed E-state index contributed by atoms with van der Waals surface area (Å²) in [6.07, 6.45) is 3.04. The minimum atomic E-state index is -0.152. The highest BCUT2D eigenvalue weighted by Crippen LogP contribution is 2.12. The number of fused-ring (bicyclic) bond motifs is 1. The molecule has 2 aromatic rings. The first-order chi connectivity index (χ1) is 6.20. The van der Waals surface area contributed by atoms with E-state index in [4.69, 9.17) is 0 Å². The van der Waals surface area contributed by atoms with Crippen molar-refractivity contribution in [2.75, 3.05) is 0 Å². The van der Waals surface area contributed by atoms with Gasteiger partial charge in [-0.25, -0.2) is 4.98 Å². The maximum atomic E-state index is 11.5. The van der Waals surface area contributed by atoms with E-state index in [1.54, 1.807) is 19.2 Å².